The van der Waals surface area contributed by atoms with Gasteiger partial charge in [-0.1, -0.05) is 18.2 Å². The van der Waals surface area contributed by atoms with Gasteiger partial charge in [0.2, 0.25) is 0 Å². The number of para-hydroxylation sites is 1. The molecule has 1 N–H and O–H groups in total. The van der Waals surface area contributed by atoms with Crippen molar-refractivity contribution in [3.63, 3.8) is 0 Å². The maximum atomic E-state index is 12.6. The van der Waals surface area contributed by atoms with Crippen molar-refractivity contribution >= 4 is 23.3 Å². The van der Waals surface area contributed by atoms with Gasteiger partial charge in [-0.3, -0.25) is 9.59 Å². The number of carbonyl (C=O) groups excluding carboxylic acids is 1. The molecule has 0 spiro atoms. The molecule has 0 radical (unpaired) electrons. The summed E-state index contributed by atoms with van der Waals surface area (Å²) in [4.78, 5) is 23.9. The minimum Gasteiger partial charge on any atom is -0.498 e. The van der Waals surface area contributed by atoms with Gasteiger partial charge in [0.05, 0.1) is 23.9 Å². The zero-order chi connectivity index (χ0) is 16.3. The number of carbonyl (C=O) groups is 2. The van der Waals surface area contributed by atoms with E-state index in [0.717, 1.165) is 0 Å². The summed E-state index contributed by atoms with van der Waals surface area (Å²) in [6, 6.07) is 8.88. The summed E-state index contributed by atoms with van der Waals surface area (Å²) in [6.45, 7) is 5.34. The molecule has 0 aliphatic carbocycles. The largest absolute Gasteiger partial charge is 0.498 e. The summed E-state index contributed by atoms with van der Waals surface area (Å²) in [5, 5.41) is 14.7. The van der Waals surface area contributed by atoms with Gasteiger partial charge in [-0.2, -0.15) is 10.1 Å². The summed E-state index contributed by atoms with van der Waals surface area (Å²) < 4.78 is 5.40. The van der Waals surface area contributed by atoms with Crippen molar-refractivity contribution in [3.05, 3.63) is 41.7 Å². The molecule has 6 heteroatoms. The second-order valence-corrected chi connectivity index (χ2v) is 4.86. The zero-order valence-corrected chi connectivity index (χ0v) is 12.7. The minimum atomic E-state index is -1.04. The fourth-order valence-electron chi connectivity index (χ4n) is 2.20. The molecule has 1 aliphatic rings. The predicted molar refractivity (Wildman–Crippen MR) is 82.5 cm³/mol. The molecular weight excluding hydrogens is 284 g/mol. The van der Waals surface area contributed by atoms with E-state index >= 15 is 0 Å². The number of anilines is 1. The Balaban J connectivity index is 2.51. The summed E-state index contributed by atoms with van der Waals surface area (Å²) in [5.41, 5.74) is 1.02. The van der Waals surface area contributed by atoms with Crippen LogP contribution in [0.3, 0.4) is 0 Å². The fraction of sp³-hybridized carbons (Fsp3) is 0.312. The number of hydrogen-bond donors (Lipinski definition) is 1. The number of carboxylic acids is 1. The third-order valence-corrected chi connectivity index (χ3v) is 3.36. The maximum absolute atomic E-state index is 12.6. The van der Waals surface area contributed by atoms with Crippen LogP contribution in [-0.2, 0) is 14.3 Å². The van der Waals surface area contributed by atoms with E-state index in [0.29, 0.717) is 18.1 Å². The van der Waals surface area contributed by atoms with Crippen molar-refractivity contribution in [3.8, 4) is 0 Å². The number of benzene rings is 1. The average Bonchev–Trinajstić information content (AvgIpc) is 2.85. The van der Waals surface area contributed by atoms with E-state index in [2.05, 4.69) is 5.10 Å². The lowest BCUT2D eigenvalue weighted by Crippen LogP contribution is -2.25. The molecule has 0 fully saturated rings. The van der Waals surface area contributed by atoms with E-state index in [1.807, 2.05) is 6.07 Å². The van der Waals surface area contributed by atoms with E-state index in [-0.39, 0.29) is 17.2 Å². The van der Waals surface area contributed by atoms with Crippen molar-refractivity contribution in [2.24, 2.45) is 11.0 Å². The van der Waals surface area contributed by atoms with Gasteiger partial charge in [0.1, 0.15) is 11.3 Å². The van der Waals surface area contributed by atoms with Crippen LogP contribution in [0.15, 0.2) is 46.8 Å². The van der Waals surface area contributed by atoms with Crippen LogP contribution >= 0.6 is 0 Å². The summed E-state index contributed by atoms with van der Waals surface area (Å²) in [7, 11) is 0. The Bertz CT molecular complexity index is 649. The normalized spacial score (nSPS) is 18.0. The molecule has 1 amide bonds. The third-order valence-electron chi connectivity index (χ3n) is 3.36. The van der Waals surface area contributed by atoms with E-state index < -0.39 is 11.9 Å². The molecule has 1 aliphatic heterocycles. The molecular formula is C16H18N2O4. The van der Waals surface area contributed by atoms with Crippen molar-refractivity contribution in [2.45, 2.75) is 20.8 Å². The van der Waals surface area contributed by atoms with E-state index in [4.69, 9.17) is 4.74 Å². The van der Waals surface area contributed by atoms with Crippen LogP contribution in [0.25, 0.3) is 0 Å². The Morgan fingerprint density at radius 2 is 2.00 bits per heavy atom. The van der Waals surface area contributed by atoms with Crippen LogP contribution < -0.4 is 5.01 Å². The van der Waals surface area contributed by atoms with Gasteiger partial charge in [-0.15, -0.1) is 0 Å². The highest BCUT2D eigenvalue weighted by Crippen LogP contribution is 2.28. The molecule has 0 saturated heterocycles. The van der Waals surface area contributed by atoms with Gasteiger partial charge in [-0.25, -0.2) is 0 Å². The number of rotatable bonds is 5. The van der Waals surface area contributed by atoms with Gasteiger partial charge in [-0.05, 0) is 32.9 Å². The van der Waals surface area contributed by atoms with Crippen molar-refractivity contribution < 1.29 is 19.4 Å². The number of carboxylic acid groups (broad SMARTS) is 1. The van der Waals surface area contributed by atoms with Crippen LogP contribution in [0.5, 0.6) is 0 Å². The van der Waals surface area contributed by atoms with Crippen LogP contribution in [-0.4, -0.2) is 29.3 Å². The number of nitrogens with zero attached hydrogens (tertiary/aromatic N) is 2. The Kier molecular flexibility index (Phi) is 4.60. The van der Waals surface area contributed by atoms with Crippen LogP contribution in [0, 0.1) is 5.92 Å². The van der Waals surface area contributed by atoms with Crippen molar-refractivity contribution in [2.75, 3.05) is 11.6 Å². The van der Waals surface area contributed by atoms with Crippen molar-refractivity contribution in [1.82, 2.24) is 0 Å². The molecule has 116 valence electrons. The maximum Gasteiger partial charge on any atom is 0.312 e. The second-order valence-electron chi connectivity index (χ2n) is 4.86. The molecule has 1 aromatic rings. The summed E-state index contributed by atoms with van der Waals surface area (Å²) in [6.07, 6.45) is 0. The first kappa shape index (κ1) is 15.8. The first-order valence-electron chi connectivity index (χ1n) is 7.02. The van der Waals surface area contributed by atoms with Gasteiger partial charge in [0.25, 0.3) is 5.91 Å². The molecule has 0 saturated carbocycles. The Morgan fingerprint density at radius 3 is 2.55 bits per heavy atom. The number of allylic oxidation sites excluding steroid dienone is 1. The lowest BCUT2D eigenvalue weighted by Gasteiger charge is -2.12. The Hall–Kier alpha value is -2.63. The van der Waals surface area contributed by atoms with Gasteiger partial charge >= 0.3 is 5.97 Å². The number of hydrazone groups is 1. The lowest BCUT2D eigenvalue weighted by atomic mass is 9.98. The molecule has 2 rings (SSSR count). The lowest BCUT2D eigenvalue weighted by molar-refractivity contribution is -0.138. The highest BCUT2D eigenvalue weighted by Gasteiger charge is 2.38. The molecule has 1 unspecified atom stereocenters. The SMILES string of the molecule is CCOC(C)=C1C(=O)N(c2ccccc2)N=C1C(C)C(=O)O. The highest BCUT2D eigenvalue weighted by molar-refractivity contribution is 6.33. The van der Waals surface area contributed by atoms with Gasteiger partial charge in [0.15, 0.2) is 0 Å². The number of hydrogen-bond acceptors (Lipinski definition) is 4. The Morgan fingerprint density at radius 1 is 1.36 bits per heavy atom. The zero-order valence-electron chi connectivity index (χ0n) is 12.7. The van der Waals surface area contributed by atoms with E-state index in [9.17, 15) is 14.7 Å². The smallest absolute Gasteiger partial charge is 0.312 e. The Labute approximate surface area is 128 Å². The summed E-state index contributed by atoms with van der Waals surface area (Å²) >= 11 is 0. The first-order chi connectivity index (χ1) is 10.5. The highest BCUT2D eigenvalue weighted by atomic mass is 16.5. The minimum absolute atomic E-state index is 0.215. The monoisotopic (exact) mass is 302 g/mol. The van der Waals surface area contributed by atoms with Crippen LogP contribution in [0.2, 0.25) is 0 Å². The van der Waals surface area contributed by atoms with Crippen molar-refractivity contribution in [1.29, 1.82) is 0 Å². The molecule has 1 heterocycles. The van der Waals surface area contributed by atoms with Crippen LogP contribution in [0.1, 0.15) is 20.8 Å². The van der Waals surface area contributed by atoms with Crippen LogP contribution in [0.4, 0.5) is 5.69 Å². The third kappa shape index (κ3) is 2.86. The molecule has 1 atom stereocenters. The standard InChI is InChI=1S/C16H18N2O4/c1-4-22-11(3)13-14(10(2)16(20)21)17-18(15(13)19)12-8-6-5-7-9-12/h5-10H,4H2,1-3H3,(H,20,21). The number of ether oxygens (including phenoxy) is 1. The molecule has 6 nitrogen and oxygen atoms in total. The number of amides is 1. The fourth-order valence-corrected chi connectivity index (χ4v) is 2.20. The van der Waals surface area contributed by atoms with Gasteiger partial charge < -0.3 is 9.84 Å². The summed E-state index contributed by atoms with van der Waals surface area (Å²) in [5.74, 6) is -1.93. The molecule has 22 heavy (non-hydrogen) atoms. The molecule has 1 aromatic carbocycles. The van der Waals surface area contributed by atoms with E-state index in [1.54, 1.807) is 38.1 Å². The van der Waals surface area contributed by atoms with E-state index in [1.165, 1.54) is 11.9 Å². The predicted octanol–water partition coefficient (Wildman–Crippen LogP) is 2.42. The quantitative estimate of drug-likeness (QED) is 0.669. The topological polar surface area (TPSA) is 79.2 Å². The molecule has 0 bridgehead atoms. The second kappa shape index (κ2) is 6.43. The van der Waals surface area contributed by atoms with Gasteiger partial charge in [0, 0.05) is 0 Å². The first-order valence-corrected chi connectivity index (χ1v) is 7.02. The average molecular weight is 302 g/mol. The molecule has 0 aromatic heterocycles. The number of aliphatic carboxylic acids is 1.